The average molecular weight is 325 g/mol. The minimum absolute atomic E-state index is 0.0162. The van der Waals surface area contributed by atoms with Crippen LogP contribution in [0.25, 0.3) is 0 Å². The number of hydrogen-bond donors (Lipinski definition) is 1. The molecule has 1 aliphatic carbocycles. The molecule has 0 radical (unpaired) electrons. The van der Waals surface area contributed by atoms with E-state index in [0.29, 0.717) is 18.8 Å². The third kappa shape index (κ3) is 2.94. The van der Waals surface area contributed by atoms with Crippen molar-refractivity contribution in [2.45, 2.75) is 31.8 Å². The van der Waals surface area contributed by atoms with Gasteiger partial charge in [0.2, 0.25) is 0 Å². The summed E-state index contributed by atoms with van der Waals surface area (Å²) in [6.07, 6.45) is 7.43. The third-order valence-corrected chi connectivity index (χ3v) is 4.19. The van der Waals surface area contributed by atoms with E-state index in [2.05, 4.69) is 15.4 Å². The molecule has 118 valence electrons. The summed E-state index contributed by atoms with van der Waals surface area (Å²) in [6, 6.07) is -0.0162. The number of hydrogen-bond acceptors (Lipinski definition) is 4. The molecule has 1 N–H and O–H groups in total. The smallest absolute Gasteiger partial charge is 0.166 e. The lowest BCUT2D eigenvalue weighted by Gasteiger charge is -2.26. The number of nitrogens with one attached hydrogen (secondary N) is 1. The van der Waals surface area contributed by atoms with Crippen LogP contribution in [0.5, 0.6) is 0 Å². The molecule has 2 aromatic heterocycles. The fourth-order valence-corrected chi connectivity index (χ4v) is 3.08. The predicted octanol–water partition coefficient (Wildman–Crippen LogP) is 3.21. The Labute approximate surface area is 133 Å². The summed E-state index contributed by atoms with van der Waals surface area (Å²) in [5.41, 5.74) is 2.59. The zero-order valence-electron chi connectivity index (χ0n) is 12.4. The fourth-order valence-electron chi connectivity index (χ4n) is 2.88. The van der Waals surface area contributed by atoms with Crippen LogP contribution < -0.4 is 5.32 Å². The highest BCUT2D eigenvalue weighted by Crippen LogP contribution is 2.35. The van der Waals surface area contributed by atoms with Crippen molar-refractivity contribution < 1.29 is 9.13 Å². The van der Waals surface area contributed by atoms with E-state index in [4.69, 9.17) is 16.3 Å². The van der Waals surface area contributed by atoms with E-state index in [1.165, 1.54) is 18.0 Å². The lowest BCUT2D eigenvalue weighted by atomic mass is 9.93. The normalized spacial score (nSPS) is 17.3. The molecular weight excluding hydrogens is 307 g/mol. The highest BCUT2D eigenvalue weighted by molar-refractivity contribution is 6.33. The molecule has 0 fully saturated rings. The van der Waals surface area contributed by atoms with Crippen molar-refractivity contribution in [3.8, 4) is 0 Å². The Morgan fingerprint density at radius 3 is 3.09 bits per heavy atom. The Balaban J connectivity index is 1.89. The van der Waals surface area contributed by atoms with Gasteiger partial charge in [-0.1, -0.05) is 11.6 Å². The molecular formula is C15H18ClFN4O. The van der Waals surface area contributed by atoms with Gasteiger partial charge in [-0.25, -0.2) is 4.39 Å². The molecule has 22 heavy (non-hydrogen) atoms. The number of aromatic nitrogens is 3. The van der Waals surface area contributed by atoms with Gasteiger partial charge in [-0.15, -0.1) is 0 Å². The Bertz CT molecular complexity index is 641. The minimum Gasteiger partial charge on any atom is -0.383 e. The zero-order valence-corrected chi connectivity index (χ0v) is 13.1. The van der Waals surface area contributed by atoms with Crippen LogP contribution in [0.4, 0.5) is 10.1 Å². The van der Waals surface area contributed by atoms with Crippen LogP contribution >= 0.6 is 11.6 Å². The maximum Gasteiger partial charge on any atom is 0.166 e. The topological polar surface area (TPSA) is 52.0 Å². The minimum atomic E-state index is -0.442. The molecule has 1 unspecified atom stereocenters. The van der Waals surface area contributed by atoms with Crippen LogP contribution in [-0.4, -0.2) is 28.5 Å². The second-order valence-electron chi connectivity index (χ2n) is 5.34. The molecule has 1 atom stereocenters. The number of halogens is 2. The number of rotatable bonds is 5. The first kappa shape index (κ1) is 15.2. The first-order chi connectivity index (χ1) is 10.7. The monoisotopic (exact) mass is 324 g/mol. The molecule has 1 aliphatic rings. The molecule has 0 aliphatic heterocycles. The van der Waals surface area contributed by atoms with E-state index < -0.39 is 5.82 Å². The van der Waals surface area contributed by atoms with E-state index >= 15 is 0 Å². The Morgan fingerprint density at radius 2 is 2.32 bits per heavy atom. The molecule has 0 amide bonds. The van der Waals surface area contributed by atoms with E-state index in [9.17, 15) is 4.39 Å². The maximum atomic E-state index is 14.0. The van der Waals surface area contributed by atoms with E-state index in [1.54, 1.807) is 7.11 Å². The number of ether oxygens (including phenoxy) is 1. The Kier molecular flexibility index (Phi) is 4.59. The first-order valence-electron chi connectivity index (χ1n) is 7.29. The molecule has 3 rings (SSSR count). The summed E-state index contributed by atoms with van der Waals surface area (Å²) >= 11 is 6.07. The van der Waals surface area contributed by atoms with Gasteiger partial charge in [0.05, 0.1) is 48.0 Å². The SMILES string of the molecule is COCCn1ncc2c1C(Nc1c(F)cncc1Cl)CCC2. The van der Waals surface area contributed by atoms with Gasteiger partial charge in [0.1, 0.15) is 0 Å². The number of aryl methyl sites for hydroxylation is 1. The summed E-state index contributed by atoms with van der Waals surface area (Å²) in [5.74, 6) is -0.442. The van der Waals surface area contributed by atoms with Crippen LogP contribution in [0.1, 0.15) is 30.1 Å². The Hall–Kier alpha value is -1.66. The van der Waals surface area contributed by atoms with Crippen LogP contribution in [0.15, 0.2) is 18.6 Å². The fraction of sp³-hybridized carbons (Fsp3) is 0.467. The van der Waals surface area contributed by atoms with Gasteiger partial charge in [-0.3, -0.25) is 9.67 Å². The van der Waals surface area contributed by atoms with Crippen molar-refractivity contribution in [1.29, 1.82) is 0 Å². The Morgan fingerprint density at radius 1 is 1.45 bits per heavy atom. The molecule has 0 spiro atoms. The molecule has 5 nitrogen and oxygen atoms in total. The highest BCUT2D eigenvalue weighted by Gasteiger charge is 2.26. The van der Waals surface area contributed by atoms with Crippen LogP contribution in [0, 0.1) is 5.82 Å². The lowest BCUT2D eigenvalue weighted by Crippen LogP contribution is -2.22. The van der Waals surface area contributed by atoms with Gasteiger partial charge in [0, 0.05) is 13.3 Å². The number of nitrogens with zero attached hydrogens (tertiary/aromatic N) is 3. The molecule has 0 bridgehead atoms. The van der Waals surface area contributed by atoms with Gasteiger partial charge in [0.25, 0.3) is 0 Å². The quantitative estimate of drug-likeness (QED) is 0.917. The van der Waals surface area contributed by atoms with Crippen molar-refractivity contribution >= 4 is 17.3 Å². The average Bonchev–Trinajstić information content (AvgIpc) is 2.93. The third-order valence-electron chi connectivity index (χ3n) is 3.91. The summed E-state index contributed by atoms with van der Waals surface area (Å²) in [6.45, 7) is 1.27. The van der Waals surface area contributed by atoms with Crippen molar-refractivity contribution in [3.63, 3.8) is 0 Å². The van der Waals surface area contributed by atoms with Gasteiger partial charge in [0.15, 0.2) is 5.82 Å². The lowest BCUT2D eigenvalue weighted by molar-refractivity contribution is 0.182. The molecule has 7 heteroatoms. The van der Waals surface area contributed by atoms with Crippen LogP contribution in [0.3, 0.4) is 0 Å². The standard InChI is InChI=1S/C15H18ClFN4O/c1-22-6-5-21-15-10(7-19-21)3-2-4-13(15)20-14-11(16)8-18-9-12(14)17/h7-9,13H,2-6H2,1H3,(H,18,20). The first-order valence-corrected chi connectivity index (χ1v) is 7.67. The molecule has 2 aromatic rings. The number of fused-ring (bicyclic) bond motifs is 1. The van der Waals surface area contributed by atoms with E-state index in [1.807, 2.05) is 10.9 Å². The van der Waals surface area contributed by atoms with Crippen LogP contribution in [0.2, 0.25) is 5.02 Å². The maximum absolute atomic E-state index is 14.0. The molecule has 2 heterocycles. The van der Waals surface area contributed by atoms with Gasteiger partial charge >= 0.3 is 0 Å². The van der Waals surface area contributed by atoms with Crippen molar-refractivity contribution in [2.24, 2.45) is 0 Å². The van der Waals surface area contributed by atoms with E-state index in [-0.39, 0.29) is 11.1 Å². The molecule has 0 aromatic carbocycles. The van der Waals surface area contributed by atoms with Gasteiger partial charge in [-0.2, -0.15) is 5.10 Å². The summed E-state index contributed by atoms with van der Waals surface area (Å²) in [5, 5.41) is 7.94. The second kappa shape index (κ2) is 6.62. The van der Waals surface area contributed by atoms with Gasteiger partial charge in [-0.05, 0) is 24.8 Å². The van der Waals surface area contributed by atoms with Crippen molar-refractivity contribution in [3.05, 3.63) is 40.7 Å². The van der Waals surface area contributed by atoms with E-state index in [0.717, 1.165) is 25.0 Å². The number of methoxy groups -OCH3 is 1. The summed E-state index contributed by atoms with van der Waals surface area (Å²) in [4.78, 5) is 3.75. The summed E-state index contributed by atoms with van der Waals surface area (Å²) in [7, 11) is 1.66. The van der Waals surface area contributed by atoms with Gasteiger partial charge < -0.3 is 10.1 Å². The van der Waals surface area contributed by atoms with Crippen LogP contribution in [-0.2, 0) is 17.7 Å². The second-order valence-corrected chi connectivity index (χ2v) is 5.75. The number of pyridine rings is 1. The zero-order chi connectivity index (χ0) is 15.5. The summed E-state index contributed by atoms with van der Waals surface area (Å²) < 4.78 is 21.0. The highest BCUT2D eigenvalue weighted by atomic mass is 35.5. The van der Waals surface area contributed by atoms with Crippen molar-refractivity contribution in [1.82, 2.24) is 14.8 Å². The largest absolute Gasteiger partial charge is 0.383 e. The molecule has 0 saturated carbocycles. The predicted molar refractivity (Wildman–Crippen MR) is 82.6 cm³/mol. The number of anilines is 1. The molecule has 0 saturated heterocycles. The van der Waals surface area contributed by atoms with Crippen molar-refractivity contribution in [2.75, 3.05) is 19.0 Å².